The normalized spacial score (nSPS) is 29.3. The van der Waals surface area contributed by atoms with Gasteiger partial charge in [0.2, 0.25) is 5.91 Å². The van der Waals surface area contributed by atoms with Gasteiger partial charge in [0.05, 0.1) is 25.0 Å². The standard InChI is InChI=1S/C20H28N2O3/c23-19(12-16-5-6-16)22-10-7-18-20(14-22,8-3-11-25-18)15-24-13-17-4-1-2-9-21-17/h1-2,4,9,16,18H,3,5-8,10-15H2/t18-,20-/m1/s1. The number of ether oxygens (including phenoxy) is 2. The Kier molecular flexibility index (Phi) is 5.04. The third-order valence-corrected chi connectivity index (χ3v) is 5.87. The van der Waals surface area contributed by atoms with Crippen molar-refractivity contribution in [1.29, 1.82) is 0 Å². The van der Waals surface area contributed by atoms with Gasteiger partial charge in [-0.15, -0.1) is 0 Å². The van der Waals surface area contributed by atoms with Crippen LogP contribution in [0.25, 0.3) is 0 Å². The van der Waals surface area contributed by atoms with Crippen LogP contribution in [0, 0.1) is 11.3 Å². The first-order valence-corrected chi connectivity index (χ1v) is 9.62. The van der Waals surface area contributed by atoms with Gasteiger partial charge in [-0.05, 0) is 50.2 Å². The maximum absolute atomic E-state index is 12.6. The Balaban J connectivity index is 1.39. The highest BCUT2D eigenvalue weighted by Crippen LogP contribution is 2.41. The minimum absolute atomic E-state index is 0.0511. The van der Waals surface area contributed by atoms with Crippen LogP contribution < -0.4 is 0 Å². The average molecular weight is 344 g/mol. The summed E-state index contributed by atoms with van der Waals surface area (Å²) in [5, 5.41) is 0. The summed E-state index contributed by atoms with van der Waals surface area (Å²) in [6, 6.07) is 5.88. The number of carbonyl (C=O) groups excluding carboxylic acids is 1. The largest absolute Gasteiger partial charge is 0.377 e. The molecular formula is C20H28N2O3. The van der Waals surface area contributed by atoms with Crippen molar-refractivity contribution in [2.24, 2.45) is 11.3 Å². The van der Waals surface area contributed by atoms with E-state index >= 15 is 0 Å². The van der Waals surface area contributed by atoms with Crippen molar-refractivity contribution in [3.63, 3.8) is 0 Å². The van der Waals surface area contributed by atoms with E-state index in [2.05, 4.69) is 9.88 Å². The highest BCUT2D eigenvalue weighted by Gasteiger charge is 2.47. The van der Waals surface area contributed by atoms with E-state index in [0.717, 1.165) is 51.1 Å². The molecule has 25 heavy (non-hydrogen) atoms. The van der Waals surface area contributed by atoms with Crippen LogP contribution in [-0.2, 0) is 20.9 Å². The highest BCUT2D eigenvalue weighted by molar-refractivity contribution is 5.77. The number of nitrogens with zero attached hydrogens (tertiary/aromatic N) is 2. The Morgan fingerprint density at radius 1 is 1.36 bits per heavy atom. The predicted octanol–water partition coefficient (Wildman–Crippen LogP) is 2.80. The van der Waals surface area contributed by atoms with Gasteiger partial charge in [-0.1, -0.05) is 6.07 Å². The molecule has 4 rings (SSSR count). The number of hydrogen-bond acceptors (Lipinski definition) is 4. The molecule has 1 amide bonds. The van der Waals surface area contributed by atoms with Crippen LogP contribution in [0.5, 0.6) is 0 Å². The quantitative estimate of drug-likeness (QED) is 0.796. The fraction of sp³-hybridized carbons (Fsp3) is 0.700. The minimum Gasteiger partial charge on any atom is -0.377 e. The Morgan fingerprint density at radius 3 is 3.08 bits per heavy atom. The van der Waals surface area contributed by atoms with Gasteiger partial charge in [0, 0.05) is 37.7 Å². The van der Waals surface area contributed by atoms with Crippen molar-refractivity contribution >= 4 is 5.91 Å². The second kappa shape index (κ2) is 7.42. The van der Waals surface area contributed by atoms with E-state index in [1.165, 1.54) is 12.8 Å². The molecule has 5 nitrogen and oxygen atoms in total. The maximum atomic E-state index is 12.6. The Bertz CT molecular complexity index is 590. The van der Waals surface area contributed by atoms with Crippen molar-refractivity contribution in [2.75, 3.05) is 26.3 Å². The van der Waals surface area contributed by atoms with Crippen molar-refractivity contribution in [3.8, 4) is 0 Å². The van der Waals surface area contributed by atoms with E-state index in [1.54, 1.807) is 6.20 Å². The molecule has 2 saturated heterocycles. The smallest absolute Gasteiger partial charge is 0.222 e. The zero-order chi connectivity index (χ0) is 17.1. The zero-order valence-electron chi connectivity index (χ0n) is 14.9. The molecule has 2 aliphatic heterocycles. The molecule has 1 saturated carbocycles. The van der Waals surface area contributed by atoms with E-state index in [9.17, 15) is 4.79 Å². The molecule has 3 fully saturated rings. The Hall–Kier alpha value is -1.46. The first-order chi connectivity index (χ1) is 12.3. The van der Waals surface area contributed by atoms with Crippen molar-refractivity contribution in [1.82, 2.24) is 9.88 Å². The molecule has 5 heteroatoms. The number of rotatable bonds is 6. The molecule has 1 aliphatic carbocycles. The molecule has 1 aromatic rings. The number of likely N-dealkylation sites (tertiary alicyclic amines) is 1. The first kappa shape index (κ1) is 17.0. The molecule has 1 aromatic heterocycles. The lowest BCUT2D eigenvalue weighted by molar-refractivity contribution is -0.166. The van der Waals surface area contributed by atoms with Gasteiger partial charge in [-0.2, -0.15) is 0 Å². The van der Waals surface area contributed by atoms with Gasteiger partial charge in [-0.25, -0.2) is 0 Å². The first-order valence-electron chi connectivity index (χ1n) is 9.62. The number of piperidine rings is 1. The van der Waals surface area contributed by atoms with Crippen LogP contribution in [-0.4, -0.2) is 48.2 Å². The van der Waals surface area contributed by atoms with Gasteiger partial charge >= 0.3 is 0 Å². The molecular weight excluding hydrogens is 316 g/mol. The molecule has 0 aromatic carbocycles. The number of carbonyl (C=O) groups is 1. The molecule has 0 bridgehead atoms. The number of amides is 1. The van der Waals surface area contributed by atoms with E-state index in [1.807, 2.05) is 18.2 Å². The topological polar surface area (TPSA) is 51.7 Å². The van der Waals surface area contributed by atoms with Crippen LogP contribution in [0.3, 0.4) is 0 Å². The van der Waals surface area contributed by atoms with Crippen LogP contribution in [0.15, 0.2) is 24.4 Å². The summed E-state index contributed by atoms with van der Waals surface area (Å²) in [7, 11) is 0. The lowest BCUT2D eigenvalue weighted by Crippen LogP contribution is -2.58. The average Bonchev–Trinajstić information content (AvgIpc) is 3.46. The van der Waals surface area contributed by atoms with E-state index < -0.39 is 0 Å². The lowest BCUT2D eigenvalue weighted by atomic mass is 9.73. The summed E-state index contributed by atoms with van der Waals surface area (Å²) in [6.45, 7) is 3.61. The number of fused-ring (bicyclic) bond motifs is 1. The summed E-state index contributed by atoms with van der Waals surface area (Å²) in [5.74, 6) is 0.972. The predicted molar refractivity (Wildman–Crippen MR) is 93.8 cm³/mol. The minimum atomic E-state index is -0.0511. The number of aromatic nitrogens is 1. The fourth-order valence-electron chi connectivity index (χ4n) is 4.25. The van der Waals surface area contributed by atoms with Gasteiger partial charge in [-0.3, -0.25) is 9.78 Å². The summed E-state index contributed by atoms with van der Waals surface area (Å²) in [4.78, 5) is 19.0. The van der Waals surface area contributed by atoms with Crippen molar-refractivity contribution < 1.29 is 14.3 Å². The zero-order valence-corrected chi connectivity index (χ0v) is 14.9. The van der Waals surface area contributed by atoms with Crippen LogP contribution in [0.2, 0.25) is 0 Å². The fourth-order valence-corrected chi connectivity index (χ4v) is 4.25. The summed E-state index contributed by atoms with van der Waals surface area (Å²) in [6.07, 6.45) is 8.26. The van der Waals surface area contributed by atoms with E-state index in [0.29, 0.717) is 25.0 Å². The van der Waals surface area contributed by atoms with Gasteiger partial charge in [0.25, 0.3) is 0 Å². The number of hydrogen-bond donors (Lipinski definition) is 0. The molecule has 3 heterocycles. The third-order valence-electron chi connectivity index (χ3n) is 5.87. The van der Waals surface area contributed by atoms with E-state index in [-0.39, 0.29) is 11.5 Å². The molecule has 0 N–H and O–H groups in total. The molecule has 136 valence electrons. The van der Waals surface area contributed by atoms with E-state index in [4.69, 9.17) is 9.47 Å². The highest BCUT2D eigenvalue weighted by atomic mass is 16.5. The van der Waals surface area contributed by atoms with Crippen molar-refractivity contribution in [2.45, 2.75) is 51.2 Å². The van der Waals surface area contributed by atoms with Crippen LogP contribution in [0.4, 0.5) is 0 Å². The summed E-state index contributed by atoms with van der Waals surface area (Å²) >= 11 is 0. The summed E-state index contributed by atoms with van der Waals surface area (Å²) in [5.41, 5.74) is 0.898. The Labute approximate surface area is 149 Å². The third kappa shape index (κ3) is 4.04. The second-order valence-electron chi connectivity index (χ2n) is 7.89. The number of pyridine rings is 1. The van der Waals surface area contributed by atoms with Gasteiger partial charge in [0.1, 0.15) is 0 Å². The molecule has 0 spiro atoms. The molecule has 2 atom stereocenters. The lowest BCUT2D eigenvalue weighted by Gasteiger charge is -2.50. The molecule has 3 aliphatic rings. The van der Waals surface area contributed by atoms with Crippen LogP contribution >= 0.6 is 0 Å². The SMILES string of the molecule is O=C(CC1CC1)N1CC[C@H]2OCCC[C@]2(COCc2ccccn2)C1. The summed E-state index contributed by atoms with van der Waals surface area (Å²) < 4.78 is 12.1. The molecule has 0 unspecified atom stereocenters. The van der Waals surface area contributed by atoms with Crippen LogP contribution in [0.1, 0.15) is 44.2 Å². The van der Waals surface area contributed by atoms with Gasteiger partial charge < -0.3 is 14.4 Å². The Morgan fingerprint density at radius 2 is 2.28 bits per heavy atom. The second-order valence-corrected chi connectivity index (χ2v) is 7.89. The van der Waals surface area contributed by atoms with Crippen molar-refractivity contribution in [3.05, 3.63) is 30.1 Å². The molecule has 0 radical (unpaired) electrons. The monoisotopic (exact) mass is 344 g/mol. The maximum Gasteiger partial charge on any atom is 0.222 e. The van der Waals surface area contributed by atoms with Gasteiger partial charge in [0.15, 0.2) is 0 Å².